The number of fused-ring (bicyclic) bond motifs is 6. The van der Waals surface area contributed by atoms with E-state index in [1.165, 1.54) is 10.8 Å². The van der Waals surface area contributed by atoms with Gasteiger partial charge in [-0.1, -0.05) is 115 Å². The third kappa shape index (κ3) is 4.53. The Hall–Kier alpha value is -7.11. The smallest absolute Gasteiger partial charge is 0.164 e. The highest BCUT2D eigenvalue weighted by Crippen LogP contribution is 2.49. The maximum Gasteiger partial charge on any atom is 0.164 e. The lowest BCUT2D eigenvalue weighted by molar-refractivity contribution is 0.487. The van der Waals surface area contributed by atoms with E-state index in [2.05, 4.69) is 97.1 Å². The van der Waals surface area contributed by atoms with Crippen molar-refractivity contribution in [3.8, 4) is 67.9 Å². The largest absolute Gasteiger partial charge is 0.456 e. The lowest BCUT2D eigenvalue weighted by atomic mass is 9.91. The molecule has 5 heteroatoms. The Kier molecular flexibility index (Phi) is 6.18. The lowest BCUT2D eigenvalue weighted by Crippen LogP contribution is -2.02. The standard InChI is InChI=1S/C47H27N3O2/c1-3-10-28(11-4-1)45-48-46(29-12-5-2-6-13-29)50-47(49-45)37-21-23-41-44-35(16-9-17-36(37)44)34-20-18-33(27-42(34)52-41)32-19-22-40-38(25-32)39-24-30-14-7-8-15-31(30)26-43(39)51-40/h1-27H. The second-order valence-electron chi connectivity index (χ2n) is 13.2. The summed E-state index contributed by atoms with van der Waals surface area (Å²) in [6.07, 6.45) is 0. The van der Waals surface area contributed by atoms with Crippen molar-refractivity contribution in [1.82, 2.24) is 15.0 Å². The van der Waals surface area contributed by atoms with Crippen LogP contribution in [0.4, 0.5) is 0 Å². The van der Waals surface area contributed by atoms with Gasteiger partial charge in [-0.2, -0.15) is 0 Å². The van der Waals surface area contributed by atoms with E-state index in [0.717, 1.165) is 83.2 Å². The van der Waals surface area contributed by atoms with Crippen molar-refractivity contribution >= 4 is 43.5 Å². The minimum Gasteiger partial charge on any atom is -0.456 e. The predicted octanol–water partition coefficient (Wildman–Crippen LogP) is 12.5. The number of nitrogens with zero attached hydrogens (tertiary/aromatic N) is 3. The highest BCUT2D eigenvalue weighted by Gasteiger charge is 2.24. The molecule has 10 aromatic rings. The first-order valence-electron chi connectivity index (χ1n) is 17.3. The lowest BCUT2D eigenvalue weighted by Gasteiger charge is -2.23. The number of hydrogen-bond acceptors (Lipinski definition) is 5. The van der Waals surface area contributed by atoms with Gasteiger partial charge in [-0.05, 0) is 81.4 Å². The third-order valence-corrected chi connectivity index (χ3v) is 10.1. The molecule has 8 aromatic carbocycles. The molecule has 0 amide bonds. The number of hydrogen-bond donors (Lipinski definition) is 0. The first kappa shape index (κ1) is 28.7. The number of furan rings is 1. The predicted molar refractivity (Wildman–Crippen MR) is 209 cm³/mol. The van der Waals surface area contributed by atoms with Gasteiger partial charge in [0.2, 0.25) is 0 Å². The van der Waals surface area contributed by atoms with E-state index in [4.69, 9.17) is 24.1 Å². The number of rotatable bonds is 4. The van der Waals surface area contributed by atoms with Crippen molar-refractivity contribution in [2.24, 2.45) is 0 Å². The van der Waals surface area contributed by atoms with E-state index < -0.39 is 0 Å². The van der Waals surface area contributed by atoms with Crippen molar-refractivity contribution in [3.63, 3.8) is 0 Å². The second kappa shape index (κ2) is 11.2. The molecule has 5 nitrogen and oxygen atoms in total. The molecule has 242 valence electrons. The molecule has 3 heterocycles. The molecule has 2 aromatic heterocycles. The van der Waals surface area contributed by atoms with Crippen molar-refractivity contribution in [2.75, 3.05) is 0 Å². The average molecular weight is 666 g/mol. The maximum atomic E-state index is 6.71. The van der Waals surface area contributed by atoms with Gasteiger partial charge in [0, 0.05) is 38.4 Å². The Labute approximate surface area is 298 Å². The molecule has 0 radical (unpaired) electrons. The van der Waals surface area contributed by atoms with Crippen LogP contribution in [0.1, 0.15) is 0 Å². The average Bonchev–Trinajstić information content (AvgIpc) is 3.57. The van der Waals surface area contributed by atoms with Gasteiger partial charge >= 0.3 is 0 Å². The zero-order chi connectivity index (χ0) is 34.2. The fourth-order valence-corrected chi connectivity index (χ4v) is 7.58. The van der Waals surface area contributed by atoms with Gasteiger partial charge in [0.05, 0.1) is 0 Å². The molecule has 52 heavy (non-hydrogen) atoms. The fourth-order valence-electron chi connectivity index (χ4n) is 7.58. The molecular formula is C47H27N3O2. The number of aromatic nitrogens is 3. The van der Waals surface area contributed by atoms with Crippen molar-refractivity contribution < 1.29 is 9.15 Å². The first-order valence-corrected chi connectivity index (χ1v) is 17.3. The molecule has 0 fully saturated rings. The van der Waals surface area contributed by atoms with Crippen LogP contribution in [0.2, 0.25) is 0 Å². The van der Waals surface area contributed by atoms with Gasteiger partial charge in [0.1, 0.15) is 22.7 Å². The van der Waals surface area contributed by atoms with Gasteiger partial charge in [0.15, 0.2) is 17.5 Å². The molecule has 0 unspecified atom stereocenters. The molecule has 11 rings (SSSR count). The van der Waals surface area contributed by atoms with Crippen molar-refractivity contribution in [2.45, 2.75) is 0 Å². The van der Waals surface area contributed by atoms with Crippen LogP contribution in [0.3, 0.4) is 0 Å². The van der Waals surface area contributed by atoms with E-state index >= 15 is 0 Å². The van der Waals surface area contributed by atoms with Crippen molar-refractivity contribution in [3.05, 3.63) is 164 Å². The Morgan fingerprint density at radius 3 is 1.75 bits per heavy atom. The zero-order valence-electron chi connectivity index (χ0n) is 27.7. The summed E-state index contributed by atoms with van der Waals surface area (Å²) in [4.78, 5) is 14.9. The summed E-state index contributed by atoms with van der Waals surface area (Å²) in [5.41, 5.74) is 8.92. The summed E-state index contributed by atoms with van der Waals surface area (Å²) in [7, 11) is 0. The summed E-state index contributed by atoms with van der Waals surface area (Å²) in [6.45, 7) is 0. The molecule has 0 aliphatic carbocycles. The molecule has 0 bridgehead atoms. The van der Waals surface area contributed by atoms with Crippen LogP contribution in [0.15, 0.2) is 168 Å². The molecular weight excluding hydrogens is 639 g/mol. The Morgan fingerprint density at radius 2 is 0.981 bits per heavy atom. The normalized spacial score (nSPS) is 12.0. The second-order valence-corrected chi connectivity index (χ2v) is 13.2. The number of ether oxygens (including phenoxy) is 1. The van der Waals surface area contributed by atoms with E-state index in [1.54, 1.807) is 0 Å². The van der Waals surface area contributed by atoms with Gasteiger partial charge in [-0.25, -0.2) is 15.0 Å². The highest BCUT2D eigenvalue weighted by atomic mass is 16.5. The van der Waals surface area contributed by atoms with Crippen molar-refractivity contribution in [1.29, 1.82) is 0 Å². The van der Waals surface area contributed by atoms with Gasteiger partial charge in [-0.3, -0.25) is 0 Å². The SMILES string of the molecule is c1ccc(-c2nc(-c3ccccc3)nc(-c3ccc4c5c(cccc35)-c3ccc(-c5ccc6oc7cc8ccccc8cc7c6c5)cc3O4)n2)cc1. The molecule has 1 aliphatic rings. The van der Waals surface area contributed by atoms with E-state index in [1.807, 2.05) is 66.7 Å². The van der Waals surface area contributed by atoms with E-state index in [0.29, 0.717) is 17.5 Å². The summed E-state index contributed by atoms with van der Waals surface area (Å²) >= 11 is 0. The molecule has 0 N–H and O–H groups in total. The van der Waals surface area contributed by atoms with E-state index in [-0.39, 0.29) is 0 Å². The van der Waals surface area contributed by atoms with Gasteiger partial charge in [0.25, 0.3) is 0 Å². The van der Waals surface area contributed by atoms with Crippen LogP contribution in [-0.4, -0.2) is 15.0 Å². The van der Waals surface area contributed by atoms with Gasteiger partial charge in [-0.15, -0.1) is 0 Å². The summed E-state index contributed by atoms with van der Waals surface area (Å²) < 4.78 is 13.0. The number of benzene rings is 8. The fraction of sp³-hybridized carbons (Fsp3) is 0. The van der Waals surface area contributed by atoms with E-state index in [9.17, 15) is 0 Å². The molecule has 0 atom stereocenters. The Balaban J connectivity index is 1.03. The maximum absolute atomic E-state index is 6.71. The van der Waals surface area contributed by atoms with Crippen LogP contribution in [0.5, 0.6) is 11.5 Å². The minimum absolute atomic E-state index is 0.618. The van der Waals surface area contributed by atoms with Crippen LogP contribution >= 0.6 is 0 Å². The minimum atomic E-state index is 0.618. The van der Waals surface area contributed by atoms with Crippen LogP contribution in [0, 0.1) is 0 Å². The van der Waals surface area contributed by atoms with Crippen LogP contribution in [-0.2, 0) is 0 Å². The Morgan fingerprint density at radius 1 is 0.346 bits per heavy atom. The zero-order valence-corrected chi connectivity index (χ0v) is 27.7. The molecule has 0 saturated heterocycles. The third-order valence-electron chi connectivity index (χ3n) is 10.1. The Bertz CT molecular complexity index is 2980. The summed E-state index contributed by atoms with van der Waals surface area (Å²) in [5.74, 6) is 3.52. The first-order chi connectivity index (χ1) is 25.7. The highest BCUT2D eigenvalue weighted by molar-refractivity contribution is 6.12. The van der Waals surface area contributed by atoms with Crippen LogP contribution in [0.25, 0.3) is 99.9 Å². The molecule has 0 saturated carbocycles. The monoisotopic (exact) mass is 665 g/mol. The van der Waals surface area contributed by atoms with Crippen LogP contribution < -0.4 is 4.74 Å². The topological polar surface area (TPSA) is 61.0 Å². The quantitative estimate of drug-likeness (QED) is 0.187. The van der Waals surface area contributed by atoms with Gasteiger partial charge < -0.3 is 9.15 Å². The molecule has 0 spiro atoms. The summed E-state index contributed by atoms with van der Waals surface area (Å²) in [5, 5.41) is 6.66. The molecule has 1 aliphatic heterocycles. The summed E-state index contributed by atoms with van der Waals surface area (Å²) in [6, 6.07) is 56.3.